The highest BCUT2D eigenvalue weighted by Crippen LogP contribution is 2.11. The predicted octanol–water partition coefficient (Wildman–Crippen LogP) is 2.47. The summed E-state index contributed by atoms with van der Waals surface area (Å²) in [5, 5.41) is 7.66. The first kappa shape index (κ1) is 20.0. The fraction of sp³-hybridized carbons (Fsp3) is 0.211. The number of benzene rings is 2. The summed E-state index contributed by atoms with van der Waals surface area (Å²) >= 11 is 0. The Morgan fingerprint density at radius 1 is 0.963 bits per heavy atom. The molecule has 0 aliphatic heterocycles. The molecule has 3 amide bonds. The maximum atomic E-state index is 13.5. The predicted molar refractivity (Wildman–Crippen MR) is 96.4 cm³/mol. The molecule has 8 heteroatoms. The monoisotopic (exact) mass is 375 g/mol. The van der Waals surface area contributed by atoms with Gasteiger partial charge < -0.3 is 16.0 Å². The van der Waals surface area contributed by atoms with E-state index in [1.165, 1.54) is 7.05 Å². The molecule has 0 radical (unpaired) electrons. The molecule has 27 heavy (non-hydrogen) atoms. The summed E-state index contributed by atoms with van der Waals surface area (Å²) in [4.78, 5) is 35.1. The molecule has 2 aromatic carbocycles. The Bertz CT molecular complexity index is 839. The molecule has 0 bridgehead atoms. The van der Waals surface area contributed by atoms with Gasteiger partial charge in [-0.15, -0.1) is 0 Å². The lowest BCUT2D eigenvalue weighted by atomic mass is 10.2. The highest BCUT2D eigenvalue weighted by molar-refractivity contribution is 5.96. The Hall–Kier alpha value is -3.29. The van der Waals surface area contributed by atoms with Crippen molar-refractivity contribution in [2.45, 2.75) is 12.8 Å². The quantitative estimate of drug-likeness (QED) is 0.650. The Labute approximate surface area is 155 Å². The molecule has 0 unspecified atom stereocenters. The maximum absolute atomic E-state index is 13.5. The summed E-state index contributed by atoms with van der Waals surface area (Å²) in [5.74, 6) is -2.85. The molecule has 2 rings (SSSR count). The van der Waals surface area contributed by atoms with Crippen LogP contribution in [-0.2, 0) is 4.79 Å². The lowest BCUT2D eigenvalue weighted by Crippen LogP contribution is -2.26. The van der Waals surface area contributed by atoms with Crippen LogP contribution in [0.2, 0.25) is 0 Å². The van der Waals surface area contributed by atoms with Gasteiger partial charge in [-0.2, -0.15) is 0 Å². The number of carbonyl (C=O) groups excluding carboxylic acids is 3. The smallest absolute Gasteiger partial charge is 0.254 e. The van der Waals surface area contributed by atoms with Crippen LogP contribution in [0.3, 0.4) is 0 Å². The molecule has 0 heterocycles. The molecule has 2 aromatic rings. The molecular weight excluding hydrogens is 356 g/mol. The van der Waals surface area contributed by atoms with Crippen molar-refractivity contribution in [2.75, 3.05) is 18.9 Å². The van der Waals surface area contributed by atoms with Gasteiger partial charge in [-0.25, -0.2) is 8.78 Å². The molecule has 142 valence electrons. The first-order chi connectivity index (χ1) is 12.9. The van der Waals surface area contributed by atoms with Crippen molar-refractivity contribution < 1.29 is 23.2 Å². The number of hydrogen-bond donors (Lipinski definition) is 3. The van der Waals surface area contributed by atoms with Gasteiger partial charge in [0.15, 0.2) is 0 Å². The fourth-order valence-corrected chi connectivity index (χ4v) is 2.29. The van der Waals surface area contributed by atoms with Crippen LogP contribution in [0.4, 0.5) is 14.5 Å². The van der Waals surface area contributed by atoms with Gasteiger partial charge in [-0.05, 0) is 42.8 Å². The molecule has 0 atom stereocenters. The summed E-state index contributed by atoms with van der Waals surface area (Å²) in [5.41, 5.74) is 0.772. The van der Waals surface area contributed by atoms with Crippen LogP contribution in [0.1, 0.15) is 33.6 Å². The molecule has 0 aliphatic carbocycles. The lowest BCUT2D eigenvalue weighted by Gasteiger charge is -2.08. The van der Waals surface area contributed by atoms with E-state index in [0.29, 0.717) is 23.7 Å². The van der Waals surface area contributed by atoms with Crippen molar-refractivity contribution in [1.82, 2.24) is 10.6 Å². The molecule has 0 aromatic heterocycles. The van der Waals surface area contributed by atoms with E-state index in [9.17, 15) is 23.2 Å². The van der Waals surface area contributed by atoms with Gasteiger partial charge in [-0.3, -0.25) is 14.4 Å². The lowest BCUT2D eigenvalue weighted by molar-refractivity contribution is -0.116. The first-order valence-electron chi connectivity index (χ1n) is 8.26. The van der Waals surface area contributed by atoms with Crippen LogP contribution < -0.4 is 16.0 Å². The second-order valence-corrected chi connectivity index (χ2v) is 5.69. The third-order valence-electron chi connectivity index (χ3n) is 3.70. The van der Waals surface area contributed by atoms with E-state index in [-0.39, 0.29) is 30.3 Å². The molecule has 0 aliphatic rings. The minimum absolute atomic E-state index is 0.142. The van der Waals surface area contributed by atoms with Crippen LogP contribution in [0.5, 0.6) is 0 Å². The number of hydrogen-bond acceptors (Lipinski definition) is 3. The van der Waals surface area contributed by atoms with Crippen molar-refractivity contribution in [3.63, 3.8) is 0 Å². The minimum Gasteiger partial charge on any atom is -0.355 e. The molecule has 0 fully saturated rings. The summed E-state index contributed by atoms with van der Waals surface area (Å²) in [6.07, 6.45) is 0.486. The van der Waals surface area contributed by atoms with Crippen molar-refractivity contribution in [2.24, 2.45) is 0 Å². The molecule has 3 N–H and O–H groups in total. The minimum atomic E-state index is -0.939. The van der Waals surface area contributed by atoms with Crippen molar-refractivity contribution in [3.05, 3.63) is 65.2 Å². The molecule has 0 saturated carbocycles. The van der Waals surface area contributed by atoms with E-state index in [1.54, 1.807) is 24.3 Å². The Morgan fingerprint density at radius 2 is 1.67 bits per heavy atom. The summed E-state index contributed by atoms with van der Waals surface area (Å²) in [6, 6.07) is 9.11. The maximum Gasteiger partial charge on any atom is 0.254 e. The van der Waals surface area contributed by atoms with E-state index in [2.05, 4.69) is 16.0 Å². The fourth-order valence-electron chi connectivity index (χ4n) is 2.29. The highest BCUT2D eigenvalue weighted by atomic mass is 19.1. The van der Waals surface area contributed by atoms with Gasteiger partial charge in [0.25, 0.3) is 11.8 Å². The van der Waals surface area contributed by atoms with E-state index in [0.717, 1.165) is 12.1 Å². The van der Waals surface area contributed by atoms with E-state index in [4.69, 9.17) is 0 Å². The zero-order valence-corrected chi connectivity index (χ0v) is 14.6. The molecular formula is C19H19F2N3O3. The number of halogens is 2. The topological polar surface area (TPSA) is 87.3 Å². The Kier molecular flexibility index (Phi) is 6.99. The SMILES string of the molecule is CNC(=O)c1ccc(NC(=O)CCCNC(=O)c2ccc(F)cc2F)cc1. The summed E-state index contributed by atoms with van der Waals surface area (Å²) < 4.78 is 26.3. The highest BCUT2D eigenvalue weighted by Gasteiger charge is 2.12. The molecule has 6 nitrogen and oxygen atoms in total. The van der Waals surface area contributed by atoms with Gasteiger partial charge in [0.05, 0.1) is 5.56 Å². The van der Waals surface area contributed by atoms with Gasteiger partial charge >= 0.3 is 0 Å². The first-order valence-corrected chi connectivity index (χ1v) is 8.26. The van der Waals surface area contributed by atoms with Crippen LogP contribution >= 0.6 is 0 Å². The van der Waals surface area contributed by atoms with Crippen LogP contribution in [-0.4, -0.2) is 31.3 Å². The Balaban J connectivity index is 1.74. The van der Waals surface area contributed by atoms with Gasteiger partial charge in [0.2, 0.25) is 5.91 Å². The molecule has 0 spiro atoms. The Morgan fingerprint density at radius 3 is 2.30 bits per heavy atom. The standard InChI is InChI=1S/C19H19F2N3O3/c1-22-18(26)12-4-7-14(8-5-12)24-17(25)3-2-10-23-19(27)15-9-6-13(20)11-16(15)21/h4-9,11H,2-3,10H2,1H3,(H,22,26)(H,23,27)(H,24,25). The van der Waals surface area contributed by atoms with Gasteiger partial charge in [0, 0.05) is 37.3 Å². The number of anilines is 1. The average molecular weight is 375 g/mol. The molecule has 0 saturated heterocycles. The third kappa shape index (κ3) is 5.88. The summed E-state index contributed by atoms with van der Waals surface area (Å²) in [6.45, 7) is 0.165. The van der Waals surface area contributed by atoms with Crippen molar-refractivity contribution in [3.8, 4) is 0 Å². The van der Waals surface area contributed by atoms with Crippen LogP contribution in [0.25, 0.3) is 0 Å². The average Bonchev–Trinajstić information content (AvgIpc) is 2.65. The van der Waals surface area contributed by atoms with E-state index >= 15 is 0 Å². The number of nitrogens with one attached hydrogen (secondary N) is 3. The number of rotatable bonds is 7. The van der Waals surface area contributed by atoms with Gasteiger partial charge in [-0.1, -0.05) is 0 Å². The third-order valence-corrected chi connectivity index (χ3v) is 3.70. The second-order valence-electron chi connectivity index (χ2n) is 5.69. The van der Waals surface area contributed by atoms with Crippen molar-refractivity contribution >= 4 is 23.4 Å². The zero-order valence-electron chi connectivity index (χ0n) is 14.6. The number of amides is 3. The van der Waals surface area contributed by atoms with Crippen LogP contribution in [0, 0.1) is 11.6 Å². The van der Waals surface area contributed by atoms with E-state index in [1.807, 2.05) is 0 Å². The summed E-state index contributed by atoms with van der Waals surface area (Å²) in [7, 11) is 1.53. The largest absolute Gasteiger partial charge is 0.355 e. The van der Waals surface area contributed by atoms with E-state index < -0.39 is 17.5 Å². The number of carbonyl (C=O) groups is 3. The van der Waals surface area contributed by atoms with Crippen LogP contribution in [0.15, 0.2) is 42.5 Å². The zero-order chi connectivity index (χ0) is 19.8. The second kappa shape index (κ2) is 9.42. The van der Waals surface area contributed by atoms with Crippen molar-refractivity contribution in [1.29, 1.82) is 0 Å². The van der Waals surface area contributed by atoms with Gasteiger partial charge in [0.1, 0.15) is 11.6 Å². The normalized spacial score (nSPS) is 10.2.